The van der Waals surface area contributed by atoms with Crippen LogP contribution in [0.4, 0.5) is 8.78 Å². The highest BCUT2D eigenvalue weighted by Gasteiger charge is 2.25. The number of rotatable bonds is 6. The van der Waals surface area contributed by atoms with Crippen molar-refractivity contribution in [3.05, 3.63) is 70.3 Å². The predicted molar refractivity (Wildman–Crippen MR) is 103 cm³/mol. The number of nitrogens with zero attached hydrogens (tertiary/aromatic N) is 2. The van der Waals surface area contributed by atoms with Crippen molar-refractivity contribution in [2.75, 3.05) is 7.05 Å². The summed E-state index contributed by atoms with van der Waals surface area (Å²) >= 11 is 3.24. The molecule has 0 radical (unpaired) electrons. The quantitative estimate of drug-likeness (QED) is 0.602. The zero-order chi connectivity index (χ0) is 19.6. The molecule has 0 aliphatic carbocycles. The van der Waals surface area contributed by atoms with Gasteiger partial charge in [0.15, 0.2) is 0 Å². The van der Waals surface area contributed by atoms with Crippen LogP contribution >= 0.6 is 15.9 Å². The molecule has 0 atom stereocenters. The Morgan fingerprint density at radius 3 is 2.37 bits per heavy atom. The van der Waals surface area contributed by atoms with E-state index in [1.165, 1.54) is 11.7 Å². The molecule has 5 nitrogen and oxygen atoms in total. The molecule has 3 rings (SSSR count). The van der Waals surface area contributed by atoms with Crippen LogP contribution in [0, 0.1) is 0 Å². The molecule has 9 heteroatoms. The van der Waals surface area contributed by atoms with E-state index in [1.807, 2.05) is 6.07 Å². The van der Waals surface area contributed by atoms with Crippen molar-refractivity contribution in [2.45, 2.75) is 12.2 Å². The van der Waals surface area contributed by atoms with Gasteiger partial charge in [-0.3, -0.25) is 0 Å². The number of alkyl halides is 2. The first-order chi connectivity index (χ1) is 12.8. The Morgan fingerprint density at radius 2 is 1.74 bits per heavy atom. The average molecular weight is 456 g/mol. The van der Waals surface area contributed by atoms with Gasteiger partial charge < -0.3 is 0 Å². The van der Waals surface area contributed by atoms with Crippen LogP contribution in [0.15, 0.2) is 59.1 Å². The largest absolute Gasteiger partial charge is 0.283 e. The second-order valence-electron chi connectivity index (χ2n) is 5.72. The molecule has 3 aromatic rings. The Hall–Kier alpha value is -2.10. The third-order valence-corrected chi connectivity index (χ3v) is 6.08. The summed E-state index contributed by atoms with van der Waals surface area (Å²) in [6.07, 6.45) is -2.78. The minimum absolute atomic E-state index is 0.176. The molecular weight excluding hydrogens is 440 g/mol. The third kappa shape index (κ3) is 4.10. The number of hydrogen-bond acceptors (Lipinski definition) is 3. The fourth-order valence-corrected chi connectivity index (χ4v) is 4.14. The molecule has 0 unspecified atom stereocenters. The van der Waals surface area contributed by atoms with Crippen LogP contribution < -0.4 is 4.72 Å². The molecule has 0 fully saturated rings. The van der Waals surface area contributed by atoms with E-state index in [-0.39, 0.29) is 10.2 Å². The van der Waals surface area contributed by atoms with E-state index in [0.717, 1.165) is 0 Å². The monoisotopic (exact) mass is 455 g/mol. The van der Waals surface area contributed by atoms with Gasteiger partial charge in [0.2, 0.25) is 10.0 Å². The Morgan fingerprint density at radius 1 is 1.11 bits per heavy atom. The topological polar surface area (TPSA) is 64.0 Å². The molecule has 27 heavy (non-hydrogen) atoms. The van der Waals surface area contributed by atoms with Crippen molar-refractivity contribution in [1.82, 2.24) is 14.5 Å². The molecule has 0 saturated carbocycles. The van der Waals surface area contributed by atoms with E-state index in [1.54, 1.807) is 48.5 Å². The van der Waals surface area contributed by atoms with E-state index in [9.17, 15) is 17.2 Å². The highest BCUT2D eigenvalue weighted by Crippen LogP contribution is 2.38. The highest BCUT2D eigenvalue weighted by atomic mass is 79.9. The van der Waals surface area contributed by atoms with E-state index >= 15 is 0 Å². The SMILES string of the molecule is CNS(=O)(=O)Cc1ccccc1-n1nc(C(F)F)c(Br)c1-c1ccccc1. The van der Waals surface area contributed by atoms with Gasteiger partial charge in [-0.15, -0.1) is 0 Å². The average Bonchev–Trinajstić information content (AvgIpc) is 3.00. The van der Waals surface area contributed by atoms with Crippen LogP contribution in [0.3, 0.4) is 0 Å². The zero-order valence-corrected chi connectivity index (χ0v) is 16.6. The summed E-state index contributed by atoms with van der Waals surface area (Å²) < 4.78 is 54.8. The summed E-state index contributed by atoms with van der Waals surface area (Å²) in [6.45, 7) is 0. The molecule has 142 valence electrons. The lowest BCUT2D eigenvalue weighted by Crippen LogP contribution is -2.21. The van der Waals surface area contributed by atoms with Gasteiger partial charge in [-0.1, -0.05) is 48.5 Å². The number of aromatic nitrogens is 2. The molecule has 1 aromatic heterocycles. The van der Waals surface area contributed by atoms with Crippen LogP contribution in [0.2, 0.25) is 0 Å². The summed E-state index contributed by atoms with van der Waals surface area (Å²) in [5.41, 5.74) is 1.57. The van der Waals surface area contributed by atoms with Crippen LogP contribution in [-0.2, 0) is 15.8 Å². The van der Waals surface area contributed by atoms with Gasteiger partial charge in [0.1, 0.15) is 5.69 Å². The van der Waals surface area contributed by atoms with E-state index in [4.69, 9.17) is 0 Å². The van der Waals surface area contributed by atoms with Crippen LogP contribution in [0.1, 0.15) is 17.7 Å². The summed E-state index contributed by atoms with van der Waals surface area (Å²) in [4.78, 5) is 0. The standard InChI is InChI=1S/C18H16BrF2N3O2S/c1-22-27(25,26)11-13-9-5-6-10-14(13)24-17(12-7-3-2-4-8-12)15(19)16(23-24)18(20)21/h2-10,18,22H,11H2,1H3. The van der Waals surface area contributed by atoms with E-state index in [0.29, 0.717) is 22.5 Å². The first-order valence-corrected chi connectivity index (χ1v) is 10.4. The maximum absolute atomic E-state index is 13.5. The Labute approximate surface area is 164 Å². The van der Waals surface area contributed by atoms with Crippen molar-refractivity contribution >= 4 is 26.0 Å². The third-order valence-electron chi connectivity index (χ3n) is 3.98. The van der Waals surface area contributed by atoms with E-state index in [2.05, 4.69) is 25.8 Å². The van der Waals surface area contributed by atoms with Gasteiger partial charge in [-0.05, 0) is 34.6 Å². The Kier molecular flexibility index (Phi) is 5.73. The van der Waals surface area contributed by atoms with Gasteiger partial charge in [-0.2, -0.15) is 5.10 Å². The number of nitrogens with one attached hydrogen (secondary N) is 1. The van der Waals surface area contributed by atoms with Crippen LogP contribution in [0.5, 0.6) is 0 Å². The molecular formula is C18H16BrF2N3O2S. The number of benzene rings is 2. The fraction of sp³-hybridized carbons (Fsp3) is 0.167. The first-order valence-electron chi connectivity index (χ1n) is 7.95. The molecule has 0 amide bonds. The highest BCUT2D eigenvalue weighted by molar-refractivity contribution is 9.10. The van der Waals surface area contributed by atoms with Gasteiger partial charge in [0.05, 0.1) is 21.6 Å². The molecule has 0 saturated heterocycles. The molecule has 0 aliphatic rings. The maximum atomic E-state index is 13.5. The number of para-hydroxylation sites is 1. The lowest BCUT2D eigenvalue weighted by Gasteiger charge is -2.13. The van der Waals surface area contributed by atoms with Gasteiger partial charge in [-0.25, -0.2) is 26.6 Å². The van der Waals surface area contributed by atoms with Gasteiger partial charge in [0, 0.05) is 5.56 Å². The Bertz CT molecular complexity index is 1050. The lowest BCUT2D eigenvalue weighted by atomic mass is 10.1. The molecule has 0 aliphatic heterocycles. The fourth-order valence-electron chi connectivity index (χ4n) is 2.69. The van der Waals surface area contributed by atoms with Crippen molar-refractivity contribution in [1.29, 1.82) is 0 Å². The second-order valence-corrected chi connectivity index (χ2v) is 8.44. The van der Waals surface area contributed by atoms with Crippen molar-refractivity contribution in [3.63, 3.8) is 0 Å². The Balaban J connectivity index is 2.26. The molecule has 0 spiro atoms. The molecule has 0 bridgehead atoms. The first kappa shape index (κ1) is 19.7. The van der Waals surface area contributed by atoms with Crippen molar-refractivity contribution in [2.24, 2.45) is 0 Å². The van der Waals surface area contributed by atoms with Gasteiger partial charge in [0.25, 0.3) is 6.43 Å². The van der Waals surface area contributed by atoms with Gasteiger partial charge >= 0.3 is 0 Å². The zero-order valence-electron chi connectivity index (χ0n) is 14.2. The summed E-state index contributed by atoms with van der Waals surface area (Å²) in [5.74, 6) is -0.296. The number of sulfonamides is 1. The lowest BCUT2D eigenvalue weighted by molar-refractivity contribution is 0.144. The van der Waals surface area contributed by atoms with E-state index < -0.39 is 22.1 Å². The van der Waals surface area contributed by atoms with Crippen molar-refractivity contribution in [3.8, 4) is 16.9 Å². The second kappa shape index (κ2) is 7.87. The van der Waals surface area contributed by atoms with Crippen LogP contribution in [-0.4, -0.2) is 25.2 Å². The molecule has 1 N–H and O–H groups in total. The number of hydrogen-bond donors (Lipinski definition) is 1. The molecule has 2 aromatic carbocycles. The summed E-state index contributed by atoms with van der Waals surface area (Å²) in [6, 6.07) is 15.6. The molecule has 1 heterocycles. The van der Waals surface area contributed by atoms with Crippen LogP contribution in [0.25, 0.3) is 16.9 Å². The summed E-state index contributed by atoms with van der Waals surface area (Å²) in [7, 11) is -2.23. The normalized spacial score (nSPS) is 11.9. The number of halogens is 3. The predicted octanol–water partition coefficient (Wildman–Crippen LogP) is 4.29. The minimum atomic E-state index is -3.55. The minimum Gasteiger partial charge on any atom is -0.231 e. The summed E-state index contributed by atoms with van der Waals surface area (Å²) in [5, 5.41) is 4.08. The smallest absolute Gasteiger partial charge is 0.231 e. The van der Waals surface area contributed by atoms with Crippen molar-refractivity contribution < 1.29 is 17.2 Å². The maximum Gasteiger partial charge on any atom is 0.283 e.